The van der Waals surface area contributed by atoms with Crippen molar-refractivity contribution in [3.8, 4) is 0 Å². The molecule has 1 fully saturated rings. The van der Waals surface area contributed by atoms with Crippen LogP contribution in [0.1, 0.15) is 10.4 Å². The summed E-state index contributed by atoms with van der Waals surface area (Å²) < 4.78 is 31.2. The smallest absolute Gasteiger partial charge is 0.268 e. The molecule has 17 heavy (non-hydrogen) atoms. The largest absolute Gasteiger partial charge is 0.379 e. The van der Waals surface area contributed by atoms with Crippen molar-refractivity contribution in [1.29, 1.82) is 0 Å². The van der Waals surface area contributed by atoms with E-state index in [0.29, 0.717) is 26.3 Å². The molecule has 0 spiro atoms. The molecule has 0 aromatic carbocycles. The molecule has 1 N–H and O–H groups in total. The van der Waals surface area contributed by atoms with Gasteiger partial charge in [-0.25, -0.2) is 14.4 Å². The molecule has 0 atom stereocenters. The minimum atomic E-state index is -1.28. The van der Waals surface area contributed by atoms with Gasteiger partial charge in [0, 0.05) is 19.3 Å². The lowest BCUT2D eigenvalue weighted by Crippen LogP contribution is -2.48. The highest BCUT2D eigenvalue weighted by molar-refractivity contribution is 5.93. The first-order valence-electron chi connectivity index (χ1n) is 5.12. The third kappa shape index (κ3) is 2.75. The Bertz CT molecular complexity index is 422. The van der Waals surface area contributed by atoms with E-state index in [1.54, 1.807) is 5.01 Å². The summed E-state index contributed by atoms with van der Waals surface area (Å²) in [6.45, 7) is 2.02. The molecule has 1 aliphatic heterocycles. The third-order valence-corrected chi connectivity index (χ3v) is 2.36. The first-order valence-corrected chi connectivity index (χ1v) is 5.12. The highest BCUT2D eigenvalue weighted by atomic mass is 19.2. The summed E-state index contributed by atoms with van der Waals surface area (Å²) in [6.07, 6.45) is 1.05. The van der Waals surface area contributed by atoms with E-state index in [9.17, 15) is 13.6 Å². The van der Waals surface area contributed by atoms with Gasteiger partial charge in [0.25, 0.3) is 5.91 Å². The zero-order valence-corrected chi connectivity index (χ0v) is 8.95. The number of hydrazine groups is 1. The second-order valence-electron chi connectivity index (χ2n) is 3.50. The summed E-state index contributed by atoms with van der Waals surface area (Å²) in [5, 5.41) is 1.60. The van der Waals surface area contributed by atoms with Gasteiger partial charge in [0.05, 0.1) is 18.8 Å². The lowest BCUT2D eigenvalue weighted by Gasteiger charge is -2.26. The van der Waals surface area contributed by atoms with Crippen LogP contribution in [0.25, 0.3) is 0 Å². The van der Waals surface area contributed by atoms with Crippen molar-refractivity contribution in [2.24, 2.45) is 0 Å². The van der Waals surface area contributed by atoms with Crippen molar-refractivity contribution in [2.75, 3.05) is 26.3 Å². The summed E-state index contributed by atoms with van der Waals surface area (Å²) in [5.41, 5.74) is 2.13. The quantitative estimate of drug-likeness (QED) is 0.761. The van der Waals surface area contributed by atoms with Crippen molar-refractivity contribution in [3.05, 3.63) is 29.6 Å². The van der Waals surface area contributed by atoms with Crippen LogP contribution in [-0.2, 0) is 4.74 Å². The molecule has 1 saturated heterocycles. The minimum absolute atomic E-state index is 0.357. The molecule has 7 heteroatoms. The number of morpholine rings is 1. The number of nitrogens with one attached hydrogen (secondary N) is 1. The average molecular weight is 243 g/mol. The van der Waals surface area contributed by atoms with E-state index in [1.807, 2.05) is 0 Å². The van der Waals surface area contributed by atoms with E-state index in [2.05, 4.69) is 10.4 Å². The Hall–Kier alpha value is -1.60. The number of halogens is 2. The van der Waals surface area contributed by atoms with Crippen LogP contribution in [0.5, 0.6) is 0 Å². The molecule has 2 rings (SSSR count). The van der Waals surface area contributed by atoms with Gasteiger partial charge in [-0.2, -0.15) is 4.39 Å². The van der Waals surface area contributed by atoms with Crippen LogP contribution in [0.15, 0.2) is 12.3 Å². The highest BCUT2D eigenvalue weighted by Crippen LogP contribution is 2.09. The maximum Gasteiger partial charge on any atom is 0.268 e. The molecule has 5 nitrogen and oxygen atoms in total. The number of nitrogens with zero attached hydrogens (tertiary/aromatic N) is 2. The zero-order chi connectivity index (χ0) is 12.3. The monoisotopic (exact) mass is 243 g/mol. The van der Waals surface area contributed by atoms with Gasteiger partial charge in [0.2, 0.25) is 5.95 Å². The first kappa shape index (κ1) is 11.9. The summed E-state index contributed by atoms with van der Waals surface area (Å²) >= 11 is 0. The summed E-state index contributed by atoms with van der Waals surface area (Å²) in [5.74, 6) is -3.21. The Morgan fingerprint density at radius 3 is 2.82 bits per heavy atom. The van der Waals surface area contributed by atoms with Crippen molar-refractivity contribution in [1.82, 2.24) is 15.4 Å². The van der Waals surface area contributed by atoms with Crippen LogP contribution < -0.4 is 5.43 Å². The number of pyridine rings is 1. The highest BCUT2D eigenvalue weighted by Gasteiger charge is 2.19. The van der Waals surface area contributed by atoms with E-state index in [0.717, 1.165) is 12.3 Å². The van der Waals surface area contributed by atoms with E-state index in [1.165, 1.54) is 0 Å². The zero-order valence-electron chi connectivity index (χ0n) is 8.95. The van der Waals surface area contributed by atoms with E-state index in [4.69, 9.17) is 4.74 Å². The van der Waals surface area contributed by atoms with E-state index in [-0.39, 0.29) is 5.56 Å². The number of carbonyl (C=O) groups excluding carboxylic acids is 1. The average Bonchev–Trinajstić information content (AvgIpc) is 2.34. The van der Waals surface area contributed by atoms with Crippen LogP contribution in [-0.4, -0.2) is 42.2 Å². The molecule has 0 saturated carbocycles. The van der Waals surface area contributed by atoms with Crippen molar-refractivity contribution in [3.63, 3.8) is 0 Å². The third-order valence-electron chi connectivity index (χ3n) is 2.36. The van der Waals surface area contributed by atoms with Crippen LogP contribution in [0.4, 0.5) is 8.78 Å². The minimum Gasteiger partial charge on any atom is -0.379 e. The van der Waals surface area contributed by atoms with E-state index >= 15 is 0 Å². The predicted octanol–water partition coefficient (Wildman–Crippen LogP) is 0.337. The van der Waals surface area contributed by atoms with Gasteiger partial charge in [0.15, 0.2) is 5.82 Å². The Labute approximate surface area is 96.4 Å². The molecular weight excluding hydrogens is 232 g/mol. The van der Waals surface area contributed by atoms with E-state index < -0.39 is 17.7 Å². The standard InChI is InChI=1S/C10H11F2N3O2/c11-8-7(1-2-13-9(8)12)10(16)14-15-3-5-17-6-4-15/h1-2H,3-6H2,(H,14,16). The number of rotatable bonds is 2. The van der Waals surface area contributed by atoms with Gasteiger partial charge in [-0.1, -0.05) is 0 Å². The maximum atomic E-state index is 13.3. The summed E-state index contributed by atoms with van der Waals surface area (Å²) in [4.78, 5) is 14.8. The molecule has 1 aromatic heterocycles. The van der Waals surface area contributed by atoms with Crippen LogP contribution >= 0.6 is 0 Å². The number of carbonyl (C=O) groups is 1. The van der Waals surface area contributed by atoms with Crippen LogP contribution in [0.3, 0.4) is 0 Å². The number of aromatic nitrogens is 1. The van der Waals surface area contributed by atoms with Gasteiger partial charge in [-0.3, -0.25) is 10.2 Å². The van der Waals surface area contributed by atoms with Crippen LogP contribution in [0.2, 0.25) is 0 Å². The fourth-order valence-electron chi connectivity index (χ4n) is 1.47. The Kier molecular flexibility index (Phi) is 3.60. The van der Waals surface area contributed by atoms with Gasteiger partial charge in [0.1, 0.15) is 0 Å². The second kappa shape index (κ2) is 5.15. The Balaban J connectivity index is 2.06. The van der Waals surface area contributed by atoms with Crippen LogP contribution in [0, 0.1) is 11.8 Å². The normalized spacial score (nSPS) is 16.8. The van der Waals surface area contributed by atoms with Crippen molar-refractivity contribution in [2.45, 2.75) is 0 Å². The molecule has 0 bridgehead atoms. The Morgan fingerprint density at radius 2 is 2.12 bits per heavy atom. The SMILES string of the molecule is O=C(NN1CCOCC1)c1ccnc(F)c1F. The number of hydrogen-bond donors (Lipinski definition) is 1. The molecule has 0 aliphatic carbocycles. The molecule has 1 amide bonds. The number of amides is 1. The molecule has 0 radical (unpaired) electrons. The second-order valence-corrected chi connectivity index (χ2v) is 3.50. The van der Waals surface area contributed by atoms with Crippen molar-refractivity contribution >= 4 is 5.91 Å². The summed E-state index contributed by atoms with van der Waals surface area (Å²) in [6, 6.07) is 1.13. The van der Waals surface area contributed by atoms with Gasteiger partial charge >= 0.3 is 0 Å². The van der Waals surface area contributed by atoms with Gasteiger partial charge < -0.3 is 4.74 Å². The topological polar surface area (TPSA) is 54.5 Å². The first-order chi connectivity index (χ1) is 8.18. The lowest BCUT2D eigenvalue weighted by molar-refractivity contribution is 0.0124. The Morgan fingerprint density at radius 1 is 1.41 bits per heavy atom. The maximum absolute atomic E-state index is 13.3. The van der Waals surface area contributed by atoms with Gasteiger partial charge in [-0.15, -0.1) is 0 Å². The lowest BCUT2D eigenvalue weighted by atomic mass is 10.2. The molecule has 0 unspecified atom stereocenters. The number of hydrogen-bond acceptors (Lipinski definition) is 4. The fraction of sp³-hybridized carbons (Fsp3) is 0.400. The fourth-order valence-corrected chi connectivity index (χ4v) is 1.47. The molecule has 1 aromatic rings. The molecule has 92 valence electrons. The molecule has 2 heterocycles. The van der Waals surface area contributed by atoms with Crippen molar-refractivity contribution < 1.29 is 18.3 Å². The predicted molar refractivity (Wildman–Crippen MR) is 54.0 cm³/mol. The number of ether oxygens (including phenoxy) is 1. The van der Waals surface area contributed by atoms with Gasteiger partial charge in [-0.05, 0) is 6.07 Å². The molecular formula is C10H11F2N3O2. The summed E-state index contributed by atoms with van der Waals surface area (Å²) in [7, 11) is 0. The molecule has 1 aliphatic rings.